The maximum atomic E-state index is 13.7. The van der Waals surface area contributed by atoms with Gasteiger partial charge in [-0.15, -0.1) is 11.3 Å². The number of amides is 2. The first-order chi connectivity index (χ1) is 18.6. The van der Waals surface area contributed by atoms with Crippen LogP contribution in [0, 0.1) is 0 Å². The minimum atomic E-state index is -0.374. The maximum Gasteiger partial charge on any atom is 0.254 e. The van der Waals surface area contributed by atoms with Crippen molar-refractivity contribution in [2.24, 2.45) is 0 Å². The van der Waals surface area contributed by atoms with Crippen LogP contribution in [0.4, 0.5) is 0 Å². The van der Waals surface area contributed by atoms with E-state index in [1.807, 2.05) is 95.2 Å². The Kier molecular flexibility index (Phi) is 10.1. The summed E-state index contributed by atoms with van der Waals surface area (Å²) in [5.74, 6) is 0.337. The second kappa shape index (κ2) is 14.1. The molecule has 2 amide bonds. The van der Waals surface area contributed by atoms with E-state index in [0.29, 0.717) is 31.7 Å². The molecule has 3 aromatic carbocycles. The smallest absolute Gasteiger partial charge is 0.254 e. The molecule has 0 radical (unpaired) electrons. The Balaban J connectivity index is 1.46. The van der Waals surface area contributed by atoms with Crippen LogP contribution in [0.3, 0.4) is 0 Å². The van der Waals surface area contributed by atoms with Crippen molar-refractivity contribution in [3.63, 3.8) is 0 Å². The van der Waals surface area contributed by atoms with Crippen LogP contribution >= 0.6 is 11.3 Å². The number of thiophene rings is 1. The average Bonchev–Trinajstić information content (AvgIpc) is 3.50. The fourth-order valence-corrected chi connectivity index (χ4v) is 4.92. The molecule has 38 heavy (non-hydrogen) atoms. The highest BCUT2D eigenvalue weighted by Gasteiger charge is 2.19. The van der Waals surface area contributed by atoms with Crippen molar-refractivity contribution >= 4 is 23.2 Å². The molecule has 0 fully saturated rings. The van der Waals surface area contributed by atoms with Gasteiger partial charge in [-0.25, -0.2) is 5.48 Å². The van der Waals surface area contributed by atoms with E-state index in [0.717, 1.165) is 35.3 Å². The Morgan fingerprint density at radius 2 is 1.58 bits per heavy atom. The van der Waals surface area contributed by atoms with E-state index < -0.39 is 0 Å². The normalized spacial score (nSPS) is 10.7. The van der Waals surface area contributed by atoms with Crippen molar-refractivity contribution in [3.05, 3.63) is 113 Å². The third-order valence-corrected chi connectivity index (χ3v) is 7.12. The van der Waals surface area contributed by atoms with Gasteiger partial charge in [0.15, 0.2) is 0 Å². The fraction of sp³-hybridized carbons (Fsp3) is 0.226. The van der Waals surface area contributed by atoms with E-state index in [9.17, 15) is 9.59 Å². The summed E-state index contributed by atoms with van der Waals surface area (Å²) in [7, 11) is 0. The summed E-state index contributed by atoms with van der Waals surface area (Å²) in [6, 6.07) is 29.7. The number of hydrogen-bond acceptors (Lipinski definition) is 5. The quantitative estimate of drug-likeness (QED) is 0.115. The summed E-state index contributed by atoms with van der Waals surface area (Å²) in [5.41, 5.74) is 5.39. The third kappa shape index (κ3) is 7.78. The summed E-state index contributed by atoms with van der Waals surface area (Å²) in [4.78, 5) is 27.9. The predicted molar refractivity (Wildman–Crippen MR) is 150 cm³/mol. The van der Waals surface area contributed by atoms with Gasteiger partial charge < -0.3 is 9.64 Å². The van der Waals surface area contributed by atoms with Crippen molar-refractivity contribution in [2.45, 2.75) is 38.8 Å². The van der Waals surface area contributed by atoms with Crippen LogP contribution in [-0.2, 0) is 17.9 Å². The van der Waals surface area contributed by atoms with E-state index in [-0.39, 0.29) is 18.2 Å². The van der Waals surface area contributed by atoms with Crippen molar-refractivity contribution < 1.29 is 19.5 Å². The van der Waals surface area contributed by atoms with Gasteiger partial charge in [0.2, 0.25) is 5.91 Å². The van der Waals surface area contributed by atoms with Crippen LogP contribution in [0.15, 0.2) is 96.4 Å². The summed E-state index contributed by atoms with van der Waals surface area (Å²) in [5, 5.41) is 10.6. The summed E-state index contributed by atoms with van der Waals surface area (Å²) in [6.07, 6.45) is 2.58. The van der Waals surface area contributed by atoms with E-state index in [1.165, 1.54) is 4.88 Å². The first kappa shape index (κ1) is 27.1. The van der Waals surface area contributed by atoms with Crippen LogP contribution in [-0.4, -0.2) is 28.5 Å². The number of hydrogen-bond donors (Lipinski definition) is 2. The standard InChI is InChI=1S/C31H32N2O4S/c34-30(32-36)15-5-2-8-20-37-28-13-7-6-12-27(28)23-33(22-24-10-3-1-4-11-24)31(35)26-18-16-25(17-19-26)29-14-9-21-38-29/h1,3-4,6-7,9-14,16-19,21,36H,2,5,8,15,20,22-23H2,(H,32,34). The van der Waals surface area contributed by atoms with Gasteiger partial charge in [0.05, 0.1) is 6.61 Å². The van der Waals surface area contributed by atoms with Gasteiger partial charge in [0.1, 0.15) is 5.75 Å². The second-order valence-corrected chi connectivity index (χ2v) is 9.95. The predicted octanol–water partition coefficient (Wildman–Crippen LogP) is 6.70. The molecule has 196 valence electrons. The first-order valence-corrected chi connectivity index (χ1v) is 13.6. The van der Waals surface area contributed by atoms with Gasteiger partial charge in [-0.05, 0) is 60.0 Å². The van der Waals surface area contributed by atoms with Crippen molar-refractivity contribution in [3.8, 4) is 16.2 Å². The fourth-order valence-electron chi connectivity index (χ4n) is 4.19. The van der Waals surface area contributed by atoms with Crippen LogP contribution in [0.5, 0.6) is 5.75 Å². The molecule has 4 aromatic rings. The number of para-hydroxylation sites is 1. The molecule has 0 saturated carbocycles. The number of unbranched alkanes of at least 4 members (excludes halogenated alkanes) is 2. The number of rotatable bonds is 13. The molecule has 0 spiro atoms. The lowest BCUT2D eigenvalue weighted by Gasteiger charge is -2.24. The van der Waals surface area contributed by atoms with Crippen LogP contribution < -0.4 is 10.2 Å². The van der Waals surface area contributed by atoms with E-state index in [1.54, 1.807) is 16.8 Å². The number of nitrogens with one attached hydrogen (secondary N) is 1. The van der Waals surface area contributed by atoms with E-state index in [2.05, 4.69) is 6.07 Å². The second-order valence-electron chi connectivity index (χ2n) is 9.00. The Morgan fingerprint density at radius 3 is 2.32 bits per heavy atom. The summed E-state index contributed by atoms with van der Waals surface area (Å²) < 4.78 is 6.08. The molecule has 0 saturated heterocycles. The monoisotopic (exact) mass is 528 g/mol. The minimum Gasteiger partial charge on any atom is -0.493 e. The van der Waals surface area contributed by atoms with Gasteiger partial charge in [-0.1, -0.05) is 66.7 Å². The highest BCUT2D eigenvalue weighted by atomic mass is 32.1. The maximum absolute atomic E-state index is 13.7. The van der Waals surface area contributed by atoms with E-state index in [4.69, 9.17) is 9.94 Å². The molecule has 1 aromatic heterocycles. The van der Waals surface area contributed by atoms with Gasteiger partial charge in [0.25, 0.3) is 5.91 Å². The molecule has 2 N–H and O–H groups in total. The number of hydroxylamine groups is 1. The zero-order valence-corrected chi connectivity index (χ0v) is 22.0. The molecule has 0 aliphatic rings. The highest BCUT2D eigenvalue weighted by molar-refractivity contribution is 7.13. The Hall–Kier alpha value is -3.94. The van der Waals surface area contributed by atoms with Crippen LogP contribution in [0.1, 0.15) is 47.2 Å². The molecule has 0 aliphatic heterocycles. The zero-order chi connectivity index (χ0) is 26.6. The molecule has 0 aliphatic carbocycles. The number of benzene rings is 3. The van der Waals surface area contributed by atoms with E-state index >= 15 is 0 Å². The molecular weight excluding hydrogens is 496 g/mol. The van der Waals surface area contributed by atoms with Gasteiger partial charge in [-0.2, -0.15) is 0 Å². The van der Waals surface area contributed by atoms with Crippen LogP contribution in [0.25, 0.3) is 10.4 Å². The van der Waals surface area contributed by atoms with Crippen molar-refractivity contribution in [1.29, 1.82) is 0 Å². The van der Waals surface area contributed by atoms with Crippen molar-refractivity contribution in [2.75, 3.05) is 6.61 Å². The van der Waals surface area contributed by atoms with Gasteiger partial charge in [-0.3, -0.25) is 14.8 Å². The summed E-state index contributed by atoms with van der Waals surface area (Å²) in [6.45, 7) is 1.40. The zero-order valence-electron chi connectivity index (χ0n) is 21.2. The molecule has 0 bridgehead atoms. The molecule has 6 nitrogen and oxygen atoms in total. The molecule has 0 unspecified atom stereocenters. The van der Waals surface area contributed by atoms with Gasteiger partial charge in [0, 0.05) is 35.5 Å². The Labute approximate surface area is 227 Å². The minimum absolute atomic E-state index is 0.0384. The lowest BCUT2D eigenvalue weighted by molar-refractivity contribution is -0.129. The summed E-state index contributed by atoms with van der Waals surface area (Å²) >= 11 is 1.68. The first-order valence-electron chi connectivity index (χ1n) is 12.7. The molecule has 0 atom stereocenters. The Morgan fingerprint density at radius 1 is 0.816 bits per heavy atom. The molecular formula is C31H32N2O4S. The molecule has 4 rings (SSSR count). The third-order valence-electron chi connectivity index (χ3n) is 6.21. The molecule has 7 heteroatoms. The number of ether oxygens (including phenoxy) is 1. The SMILES string of the molecule is O=C(CCCCCOc1ccccc1CN(Cc1ccccc1)C(=O)c1ccc(-c2cccs2)cc1)NO. The Bertz CT molecular complexity index is 1290. The number of carbonyl (C=O) groups excluding carboxylic acids is 2. The number of nitrogens with zero attached hydrogens (tertiary/aromatic N) is 1. The lowest BCUT2D eigenvalue weighted by atomic mass is 10.1. The number of carbonyl (C=O) groups is 2. The van der Waals surface area contributed by atoms with Crippen LogP contribution in [0.2, 0.25) is 0 Å². The van der Waals surface area contributed by atoms with Gasteiger partial charge >= 0.3 is 0 Å². The largest absolute Gasteiger partial charge is 0.493 e. The highest BCUT2D eigenvalue weighted by Crippen LogP contribution is 2.26. The average molecular weight is 529 g/mol. The van der Waals surface area contributed by atoms with Crippen molar-refractivity contribution in [1.82, 2.24) is 10.4 Å². The lowest BCUT2D eigenvalue weighted by Crippen LogP contribution is -2.30. The topological polar surface area (TPSA) is 78.9 Å². The molecule has 1 heterocycles.